The molecule has 8 nitrogen and oxygen atoms in total. The van der Waals surface area contributed by atoms with E-state index in [1.54, 1.807) is 17.5 Å². The molecule has 4 aromatic rings. The number of fused-ring (bicyclic) bond motifs is 3. The summed E-state index contributed by atoms with van der Waals surface area (Å²) in [4.78, 5) is 24.6. The Bertz CT molecular complexity index is 1280. The molecule has 0 saturated carbocycles. The van der Waals surface area contributed by atoms with Gasteiger partial charge in [0, 0.05) is 7.05 Å². The molecule has 0 radical (unpaired) electrons. The standard InChI is InChI=1S/C20H17FN4O4/c1-12-3-8-16-15(9-12)19(27)24(2)20-23-22-17(25(16)20)10-29-18(26)11-28-14-6-4-13(21)5-7-14/h3-9H,10-11H2,1-2H3. The van der Waals surface area contributed by atoms with E-state index in [1.807, 2.05) is 19.1 Å². The molecule has 9 heteroatoms. The van der Waals surface area contributed by atoms with Gasteiger partial charge in [-0.05, 0) is 43.3 Å². The fraction of sp³-hybridized carbons (Fsp3) is 0.200. The molecule has 0 aliphatic carbocycles. The number of aryl methyl sites for hydroxylation is 2. The third-order valence-electron chi connectivity index (χ3n) is 4.47. The lowest BCUT2D eigenvalue weighted by Crippen LogP contribution is -2.21. The summed E-state index contributed by atoms with van der Waals surface area (Å²) in [7, 11) is 1.61. The molecule has 0 unspecified atom stereocenters. The van der Waals surface area contributed by atoms with Crippen LogP contribution >= 0.6 is 0 Å². The smallest absolute Gasteiger partial charge is 0.344 e. The van der Waals surface area contributed by atoms with E-state index in [1.165, 1.54) is 28.8 Å². The molecule has 0 atom stereocenters. The summed E-state index contributed by atoms with van der Waals surface area (Å²) in [5.41, 5.74) is 1.40. The van der Waals surface area contributed by atoms with Gasteiger partial charge in [0.1, 0.15) is 11.6 Å². The highest BCUT2D eigenvalue weighted by molar-refractivity contribution is 5.81. The van der Waals surface area contributed by atoms with Gasteiger partial charge in [-0.3, -0.25) is 13.8 Å². The zero-order chi connectivity index (χ0) is 20.5. The monoisotopic (exact) mass is 396 g/mol. The second-order valence-corrected chi connectivity index (χ2v) is 6.54. The van der Waals surface area contributed by atoms with Crippen molar-refractivity contribution in [1.82, 2.24) is 19.2 Å². The van der Waals surface area contributed by atoms with E-state index in [0.29, 0.717) is 28.3 Å². The topological polar surface area (TPSA) is 87.7 Å². The molecule has 0 N–H and O–H groups in total. The Morgan fingerprint density at radius 2 is 1.90 bits per heavy atom. The van der Waals surface area contributed by atoms with Crippen molar-refractivity contribution < 1.29 is 18.7 Å². The summed E-state index contributed by atoms with van der Waals surface area (Å²) in [5.74, 6) is 0.0682. The number of aromatic nitrogens is 4. The van der Waals surface area contributed by atoms with Crippen LogP contribution in [0.5, 0.6) is 5.75 Å². The lowest BCUT2D eigenvalue weighted by atomic mass is 10.1. The van der Waals surface area contributed by atoms with Gasteiger partial charge in [0.05, 0.1) is 10.9 Å². The average molecular weight is 396 g/mol. The molecule has 4 rings (SSSR count). The first-order valence-electron chi connectivity index (χ1n) is 8.81. The van der Waals surface area contributed by atoms with Crippen LogP contribution in [0.15, 0.2) is 47.3 Å². The van der Waals surface area contributed by atoms with Crippen LogP contribution in [0.4, 0.5) is 4.39 Å². The van der Waals surface area contributed by atoms with Gasteiger partial charge in [-0.1, -0.05) is 11.6 Å². The Kier molecular flexibility index (Phi) is 4.71. The molecule has 2 heterocycles. The summed E-state index contributed by atoms with van der Waals surface area (Å²) < 4.78 is 26.5. The fourth-order valence-corrected chi connectivity index (χ4v) is 3.01. The molecule has 0 fully saturated rings. The van der Waals surface area contributed by atoms with Crippen molar-refractivity contribution in [2.75, 3.05) is 6.61 Å². The zero-order valence-electron chi connectivity index (χ0n) is 15.8. The zero-order valence-corrected chi connectivity index (χ0v) is 15.8. The molecule has 0 aliphatic rings. The van der Waals surface area contributed by atoms with Crippen LogP contribution < -0.4 is 10.3 Å². The third-order valence-corrected chi connectivity index (χ3v) is 4.47. The molecule has 148 valence electrons. The summed E-state index contributed by atoms with van der Waals surface area (Å²) in [6, 6.07) is 10.8. The maximum Gasteiger partial charge on any atom is 0.344 e. The number of rotatable bonds is 5. The van der Waals surface area contributed by atoms with Crippen LogP contribution in [0, 0.1) is 12.7 Å². The molecule has 0 aliphatic heterocycles. The van der Waals surface area contributed by atoms with Crippen LogP contribution in [0.2, 0.25) is 0 Å². The molecule has 0 bridgehead atoms. The Labute approximate surface area is 164 Å². The largest absolute Gasteiger partial charge is 0.482 e. The minimum absolute atomic E-state index is 0.145. The first kappa shape index (κ1) is 18.6. The second kappa shape index (κ2) is 7.34. The maximum atomic E-state index is 12.9. The first-order valence-corrected chi connectivity index (χ1v) is 8.81. The Morgan fingerprint density at radius 3 is 2.66 bits per heavy atom. The van der Waals surface area contributed by atoms with Crippen molar-refractivity contribution in [3.63, 3.8) is 0 Å². The molecule has 0 spiro atoms. The molecule has 29 heavy (non-hydrogen) atoms. The van der Waals surface area contributed by atoms with E-state index in [2.05, 4.69) is 10.2 Å². The van der Waals surface area contributed by atoms with Crippen molar-refractivity contribution >= 4 is 22.6 Å². The molecule has 0 saturated heterocycles. The number of nitrogens with zero attached hydrogens (tertiary/aromatic N) is 4. The summed E-state index contributed by atoms with van der Waals surface area (Å²) in [6.07, 6.45) is 0. The van der Waals surface area contributed by atoms with Crippen LogP contribution in [-0.4, -0.2) is 31.7 Å². The summed E-state index contributed by atoms with van der Waals surface area (Å²) in [5, 5.41) is 8.63. The number of carbonyl (C=O) groups excluding carboxylic acids is 1. The van der Waals surface area contributed by atoms with Crippen molar-refractivity contribution in [3.8, 4) is 5.75 Å². The molecular formula is C20H17FN4O4. The SMILES string of the molecule is Cc1ccc2c(c1)c(=O)n(C)c1nnc(COC(=O)COc3ccc(F)cc3)n21. The minimum Gasteiger partial charge on any atom is -0.482 e. The number of ether oxygens (including phenoxy) is 2. The number of hydrogen-bond donors (Lipinski definition) is 0. The lowest BCUT2D eigenvalue weighted by Gasteiger charge is -2.09. The normalized spacial score (nSPS) is 11.1. The highest BCUT2D eigenvalue weighted by Gasteiger charge is 2.16. The summed E-state index contributed by atoms with van der Waals surface area (Å²) >= 11 is 0. The Balaban J connectivity index is 1.55. The van der Waals surface area contributed by atoms with E-state index in [-0.39, 0.29) is 18.8 Å². The average Bonchev–Trinajstić information content (AvgIpc) is 3.14. The number of carbonyl (C=O) groups is 1. The molecule has 2 aromatic heterocycles. The molecule has 0 amide bonds. The van der Waals surface area contributed by atoms with Gasteiger partial charge in [-0.2, -0.15) is 0 Å². The Morgan fingerprint density at radius 1 is 1.14 bits per heavy atom. The lowest BCUT2D eigenvalue weighted by molar-refractivity contribution is -0.147. The van der Waals surface area contributed by atoms with E-state index in [0.717, 1.165) is 5.56 Å². The van der Waals surface area contributed by atoms with Crippen LogP contribution in [0.3, 0.4) is 0 Å². The quantitative estimate of drug-likeness (QED) is 0.481. The van der Waals surface area contributed by atoms with Gasteiger partial charge in [0.25, 0.3) is 5.56 Å². The predicted molar refractivity (Wildman–Crippen MR) is 102 cm³/mol. The van der Waals surface area contributed by atoms with Gasteiger partial charge < -0.3 is 9.47 Å². The van der Waals surface area contributed by atoms with Gasteiger partial charge in [0.15, 0.2) is 19.0 Å². The highest BCUT2D eigenvalue weighted by Crippen LogP contribution is 2.16. The van der Waals surface area contributed by atoms with Crippen molar-refractivity contribution in [2.45, 2.75) is 13.5 Å². The van der Waals surface area contributed by atoms with Gasteiger partial charge in [-0.25, -0.2) is 9.18 Å². The van der Waals surface area contributed by atoms with Gasteiger partial charge in [-0.15, -0.1) is 10.2 Å². The number of benzene rings is 2. The summed E-state index contributed by atoms with van der Waals surface area (Å²) in [6.45, 7) is 1.42. The minimum atomic E-state index is -0.615. The predicted octanol–water partition coefficient (Wildman–Crippen LogP) is 2.15. The maximum absolute atomic E-state index is 12.9. The molecule has 2 aromatic carbocycles. The second-order valence-electron chi connectivity index (χ2n) is 6.54. The van der Waals surface area contributed by atoms with Gasteiger partial charge >= 0.3 is 5.97 Å². The third kappa shape index (κ3) is 3.54. The van der Waals surface area contributed by atoms with E-state index >= 15 is 0 Å². The Hall–Kier alpha value is -3.75. The highest BCUT2D eigenvalue weighted by atomic mass is 19.1. The number of halogens is 1. The number of hydrogen-bond acceptors (Lipinski definition) is 6. The van der Waals surface area contributed by atoms with Crippen LogP contribution in [0.1, 0.15) is 11.4 Å². The van der Waals surface area contributed by atoms with E-state index < -0.39 is 11.8 Å². The van der Waals surface area contributed by atoms with Crippen LogP contribution in [-0.2, 0) is 23.2 Å². The van der Waals surface area contributed by atoms with Crippen molar-refractivity contribution in [2.24, 2.45) is 7.05 Å². The van der Waals surface area contributed by atoms with Gasteiger partial charge in [0.2, 0.25) is 5.78 Å². The van der Waals surface area contributed by atoms with Crippen molar-refractivity contribution in [3.05, 3.63) is 70.0 Å². The first-order chi connectivity index (χ1) is 13.9. The fourth-order valence-electron chi connectivity index (χ4n) is 3.01. The van der Waals surface area contributed by atoms with Crippen molar-refractivity contribution in [1.29, 1.82) is 0 Å². The number of esters is 1. The molecular weight excluding hydrogens is 379 g/mol. The van der Waals surface area contributed by atoms with E-state index in [9.17, 15) is 14.0 Å². The van der Waals surface area contributed by atoms with E-state index in [4.69, 9.17) is 9.47 Å². The van der Waals surface area contributed by atoms with Crippen LogP contribution in [0.25, 0.3) is 16.7 Å².